The van der Waals surface area contributed by atoms with Gasteiger partial charge in [0.05, 0.1) is 4.91 Å². The monoisotopic (exact) mass is 456 g/mol. The molecule has 9 nitrogen and oxygen atoms in total. The quantitative estimate of drug-likeness (QED) is 0.459. The highest BCUT2D eigenvalue weighted by Gasteiger charge is 2.48. The molecule has 3 N–H and O–H groups in total. The second kappa shape index (κ2) is 8.78. The highest BCUT2D eigenvalue weighted by molar-refractivity contribution is 8.18. The predicted molar refractivity (Wildman–Crippen MR) is 118 cm³/mol. The average Bonchev–Trinajstić information content (AvgIpc) is 3.18. The molecule has 2 aliphatic heterocycles. The van der Waals surface area contributed by atoms with Gasteiger partial charge < -0.3 is 10.6 Å². The number of carbonyl (C=O) groups excluding carboxylic acids is 5. The Morgan fingerprint density at radius 1 is 1.19 bits per heavy atom. The van der Waals surface area contributed by atoms with Crippen molar-refractivity contribution in [1.82, 2.24) is 20.9 Å². The Morgan fingerprint density at radius 2 is 1.88 bits per heavy atom. The van der Waals surface area contributed by atoms with E-state index in [4.69, 9.17) is 0 Å². The molecule has 168 valence electrons. The maximum atomic E-state index is 12.6. The largest absolute Gasteiger partial charge is 0.354 e. The third-order valence-corrected chi connectivity index (χ3v) is 7.02. The van der Waals surface area contributed by atoms with Crippen LogP contribution in [0.2, 0.25) is 0 Å². The van der Waals surface area contributed by atoms with E-state index < -0.39 is 11.6 Å². The van der Waals surface area contributed by atoms with Gasteiger partial charge in [0, 0.05) is 19.0 Å². The lowest BCUT2D eigenvalue weighted by Crippen LogP contribution is -2.51. The lowest BCUT2D eigenvalue weighted by Gasteiger charge is -2.33. The van der Waals surface area contributed by atoms with Crippen LogP contribution >= 0.6 is 11.8 Å². The lowest BCUT2D eigenvalue weighted by molar-refractivity contribution is -0.130. The highest BCUT2D eigenvalue weighted by Crippen LogP contribution is 2.34. The molecule has 0 radical (unpaired) electrons. The molecule has 6 amide bonds. The summed E-state index contributed by atoms with van der Waals surface area (Å²) >= 11 is 0.892. The summed E-state index contributed by atoms with van der Waals surface area (Å²) in [6, 6.07) is 7.15. The predicted octanol–water partition coefficient (Wildman–Crippen LogP) is 1.92. The number of hydrogen-bond donors (Lipinski definition) is 3. The van der Waals surface area contributed by atoms with Crippen molar-refractivity contribution in [1.29, 1.82) is 0 Å². The molecule has 1 aliphatic carbocycles. The summed E-state index contributed by atoms with van der Waals surface area (Å²) in [5, 5.41) is 7.36. The molecule has 1 spiro atoms. The average molecular weight is 457 g/mol. The van der Waals surface area contributed by atoms with Gasteiger partial charge in [-0.2, -0.15) is 0 Å². The minimum absolute atomic E-state index is 0.0940. The molecule has 0 atom stereocenters. The van der Waals surface area contributed by atoms with E-state index in [1.54, 1.807) is 6.08 Å². The Hall–Kier alpha value is -3.14. The van der Waals surface area contributed by atoms with E-state index in [1.807, 2.05) is 31.2 Å². The lowest BCUT2D eigenvalue weighted by atomic mass is 9.76. The third-order valence-electron chi connectivity index (χ3n) is 6.11. The molecule has 1 aromatic rings. The summed E-state index contributed by atoms with van der Waals surface area (Å²) in [6.45, 7) is 2.23. The van der Waals surface area contributed by atoms with Crippen LogP contribution < -0.4 is 16.0 Å². The van der Waals surface area contributed by atoms with E-state index in [1.165, 1.54) is 0 Å². The second-order valence-corrected chi connectivity index (χ2v) is 9.29. The standard InChI is InChI=1S/C22H24N4O5S/c1-13-2-4-14(5-3-13)12-16-18(28)26(21(31)32-16)11-10-23-17(27)15-6-8-22(9-7-15)19(29)24-20(30)25-22/h2-5,12,15H,6-11H2,1H3,(H,23,27)(H2,24,25,29,30)/b16-12-. The van der Waals surface area contributed by atoms with Gasteiger partial charge in [-0.3, -0.25) is 29.4 Å². The zero-order chi connectivity index (χ0) is 22.9. The van der Waals surface area contributed by atoms with Gasteiger partial charge >= 0.3 is 6.03 Å². The van der Waals surface area contributed by atoms with Crippen molar-refractivity contribution >= 4 is 46.8 Å². The van der Waals surface area contributed by atoms with Crippen LogP contribution in [0.15, 0.2) is 29.2 Å². The number of aryl methyl sites for hydroxylation is 1. The van der Waals surface area contributed by atoms with E-state index in [0.29, 0.717) is 30.6 Å². The molecular formula is C22H24N4O5S. The van der Waals surface area contributed by atoms with Crippen LogP contribution in [0.5, 0.6) is 0 Å². The highest BCUT2D eigenvalue weighted by atomic mass is 32.2. The fourth-order valence-electron chi connectivity index (χ4n) is 4.20. The molecule has 3 aliphatic rings. The number of hydrogen-bond acceptors (Lipinski definition) is 6. The molecule has 4 rings (SSSR count). The molecule has 2 heterocycles. The normalized spacial score (nSPS) is 26.6. The van der Waals surface area contributed by atoms with Crippen LogP contribution in [0.1, 0.15) is 36.8 Å². The van der Waals surface area contributed by atoms with Gasteiger partial charge in [0.2, 0.25) is 5.91 Å². The van der Waals surface area contributed by atoms with Gasteiger partial charge in [-0.25, -0.2) is 4.79 Å². The molecule has 1 aromatic carbocycles. The molecule has 32 heavy (non-hydrogen) atoms. The number of imide groups is 2. The first-order chi connectivity index (χ1) is 15.3. The van der Waals surface area contributed by atoms with Gasteiger partial charge in [-0.15, -0.1) is 0 Å². The van der Waals surface area contributed by atoms with E-state index in [9.17, 15) is 24.0 Å². The Kier molecular flexibility index (Phi) is 6.05. The molecule has 2 saturated heterocycles. The first kappa shape index (κ1) is 22.1. The summed E-state index contributed by atoms with van der Waals surface area (Å²) in [5.41, 5.74) is 1.05. The van der Waals surface area contributed by atoms with Crippen molar-refractivity contribution in [2.24, 2.45) is 5.92 Å². The fraction of sp³-hybridized carbons (Fsp3) is 0.409. The van der Waals surface area contributed by atoms with Crippen molar-refractivity contribution < 1.29 is 24.0 Å². The number of nitrogens with one attached hydrogen (secondary N) is 3. The van der Waals surface area contributed by atoms with Crippen molar-refractivity contribution in [3.8, 4) is 0 Å². The third kappa shape index (κ3) is 4.40. The number of urea groups is 1. The number of benzene rings is 1. The van der Waals surface area contributed by atoms with Gasteiger partial charge in [-0.1, -0.05) is 29.8 Å². The molecule has 3 fully saturated rings. The van der Waals surface area contributed by atoms with Crippen LogP contribution in [0.4, 0.5) is 9.59 Å². The van der Waals surface area contributed by atoms with E-state index in [0.717, 1.165) is 27.8 Å². The van der Waals surface area contributed by atoms with Crippen LogP contribution in [0, 0.1) is 12.8 Å². The zero-order valence-electron chi connectivity index (χ0n) is 17.6. The smallest absolute Gasteiger partial charge is 0.322 e. The van der Waals surface area contributed by atoms with Crippen LogP contribution in [-0.2, 0) is 14.4 Å². The summed E-state index contributed by atoms with van der Waals surface area (Å²) in [4.78, 5) is 62.3. The van der Waals surface area contributed by atoms with E-state index in [2.05, 4.69) is 16.0 Å². The van der Waals surface area contributed by atoms with Crippen molar-refractivity contribution in [3.63, 3.8) is 0 Å². The molecule has 1 saturated carbocycles. The molecule has 0 unspecified atom stereocenters. The molecule has 0 aromatic heterocycles. The second-order valence-electron chi connectivity index (χ2n) is 8.30. The maximum absolute atomic E-state index is 12.6. The van der Waals surface area contributed by atoms with Gasteiger partial charge in [0.15, 0.2) is 0 Å². The summed E-state index contributed by atoms with van der Waals surface area (Å²) in [5.74, 6) is -1.15. The number of nitrogens with zero attached hydrogens (tertiary/aromatic N) is 1. The zero-order valence-corrected chi connectivity index (χ0v) is 18.4. The minimum Gasteiger partial charge on any atom is -0.354 e. The van der Waals surface area contributed by atoms with E-state index >= 15 is 0 Å². The van der Waals surface area contributed by atoms with Gasteiger partial charge in [0.1, 0.15) is 5.54 Å². The minimum atomic E-state index is -0.903. The SMILES string of the molecule is Cc1ccc(/C=C2\SC(=O)N(CCNC(=O)C3CCC4(CC3)NC(=O)NC4=O)C2=O)cc1. The topological polar surface area (TPSA) is 125 Å². The van der Waals surface area contributed by atoms with Crippen LogP contribution in [0.3, 0.4) is 0 Å². The summed E-state index contributed by atoms with van der Waals surface area (Å²) in [7, 11) is 0. The first-order valence-electron chi connectivity index (χ1n) is 10.5. The van der Waals surface area contributed by atoms with Crippen molar-refractivity contribution in [2.75, 3.05) is 13.1 Å². The van der Waals surface area contributed by atoms with Crippen LogP contribution in [0.25, 0.3) is 6.08 Å². The Bertz CT molecular complexity index is 1010. The number of thioether (sulfide) groups is 1. The number of rotatable bonds is 5. The fourth-order valence-corrected chi connectivity index (χ4v) is 5.06. The van der Waals surface area contributed by atoms with E-state index in [-0.39, 0.29) is 42.0 Å². The Balaban J connectivity index is 1.26. The first-order valence-corrected chi connectivity index (χ1v) is 11.3. The van der Waals surface area contributed by atoms with Crippen LogP contribution in [-0.4, -0.2) is 52.5 Å². The molecule has 0 bridgehead atoms. The maximum Gasteiger partial charge on any atom is 0.322 e. The molecular weight excluding hydrogens is 432 g/mol. The number of carbonyl (C=O) groups is 5. The summed E-state index contributed by atoms with van der Waals surface area (Å²) in [6.07, 6.45) is 3.44. The van der Waals surface area contributed by atoms with Crippen molar-refractivity contribution in [2.45, 2.75) is 38.1 Å². The molecule has 10 heteroatoms. The van der Waals surface area contributed by atoms with Crippen molar-refractivity contribution in [3.05, 3.63) is 40.3 Å². The summed E-state index contributed by atoms with van der Waals surface area (Å²) < 4.78 is 0. The Labute approximate surface area is 189 Å². The van der Waals surface area contributed by atoms with Gasteiger partial charge in [-0.05, 0) is 56.0 Å². The Morgan fingerprint density at radius 3 is 2.50 bits per heavy atom. The van der Waals surface area contributed by atoms with Gasteiger partial charge in [0.25, 0.3) is 17.1 Å². The number of amides is 6.